The van der Waals surface area contributed by atoms with Crippen molar-refractivity contribution in [1.29, 1.82) is 0 Å². The van der Waals surface area contributed by atoms with Gasteiger partial charge in [0.15, 0.2) is 0 Å². The lowest BCUT2D eigenvalue weighted by atomic mass is 10.1. The van der Waals surface area contributed by atoms with Gasteiger partial charge in [0.25, 0.3) is 0 Å². The van der Waals surface area contributed by atoms with Gasteiger partial charge >= 0.3 is 0 Å². The maximum absolute atomic E-state index is 13.9. The van der Waals surface area contributed by atoms with Crippen molar-refractivity contribution in [2.24, 2.45) is 7.05 Å². The Bertz CT molecular complexity index is 965. The third kappa shape index (κ3) is 3.71. The lowest BCUT2D eigenvalue weighted by Gasteiger charge is -2.35. The lowest BCUT2D eigenvalue weighted by molar-refractivity contribution is -0.134. The number of amides is 1. The predicted octanol–water partition coefficient (Wildman–Crippen LogP) is 2.92. The van der Waals surface area contributed by atoms with E-state index in [1.165, 1.54) is 6.07 Å². The van der Waals surface area contributed by atoms with Crippen LogP contribution in [-0.2, 0) is 18.3 Å². The van der Waals surface area contributed by atoms with E-state index < -0.39 is 0 Å². The van der Waals surface area contributed by atoms with E-state index in [1.54, 1.807) is 30.5 Å². The van der Waals surface area contributed by atoms with Crippen molar-refractivity contribution < 1.29 is 13.6 Å². The van der Waals surface area contributed by atoms with E-state index in [0.29, 0.717) is 43.0 Å². The first kappa shape index (κ1) is 18.4. The van der Waals surface area contributed by atoms with Crippen LogP contribution in [0.3, 0.4) is 0 Å². The molecule has 1 aliphatic heterocycles. The van der Waals surface area contributed by atoms with Gasteiger partial charge in [-0.1, -0.05) is 12.1 Å². The van der Waals surface area contributed by atoms with Gasteiger partial charge in [0, 0.05) is 51.9 Å². The van der Waals surface area contributed by atoms with Gasteiger partial charge in [0.05, 0.1) is 5.56 Å². The Labute approximate surface area is 163 Å². The molecule has 6 nitrogen and oxygen atoms in total. The second-order valence-electron chi connectivity index (χ2n) is 6.95. The van der Waals surface area contributed by atoms with E-state index in [4.69, 9.17) is 4.42 Å². The summed E-state index contributed by atoms with van der Waals surface area (Å²) in [4.78, 5) is 19.2. The number of piperazine rings is 1. The molecule has 0 aliphatic carbocycles. The Morgan fingerprint density at radius 2 is 2.18 bits per heavy atom. The fourth-order valence-electron chi connectivity index (χ4n) is 3.62. The standard InChI is InChI=1S/C21H23FN4O2/c1-25-12-11-24-21(25)18-14-23-10-13-26(18)20(27)9-7-15-6-8-19(28-15)16-4-2-3-5-17(16)22/h2-6,8,11-12,18,23H,7,9-10,13-14H2,1H3. The minimum Gasteiger partial charge on any atom is -0.461 e. The fourth-order valence-corrected chi connectivity index (χ4v) is 3.62. The average Bonchev–Trinajstić information content (AvgIpc) is 3.35. The zero-order valence-corrected chi connectivity index (χ0v) is 15.8. The Morgan fingerprint density at radius 3 is 2.96 bits per heavy atom. The minimum absolute atomic E-state index is 0.0679. The number of halogens is 1. The van der Waals surface area contributed by atoms with Crippen molar-refractivity contribution in [3.05, 3.63) is 66.2 Å². The minimum atomic E-state index is -0.321. The van der Waals surface area contributed by atoms with E-state index in [-0.39, 0.29) is 17.8 Å². The van der Waals surface area contributed by atoms with Crippen LogP contribution >= 0.6 is 0 Å². The SMILES string of the molecule is Cn1ccnc1C1CNCCN1C(=O)CCc1ccc(-c2ccccc2F)o1. The van der Waals surface area contributed by atoms with E-state index >= 15 is 0 Å². The molecule has 7 heteroatoms. The van der Waals surface area contributed by atoms with Crippen LogP contribution in [0.4, 0.5) is 4.39 Å². The summed E-state index contributed by atoms with van der Waals surface area (Å²) in [6, 6.07) is 9.98. The van der Waals surface area contributed by atoms with Crippen LogP contribution in [0.25, 0.3) is 11.3 Å². The molecule has 1 aliphatic rings. The van der Waals surface area contributed by atoms with E-state index in [2.05, 4.69) is 10.3 Å². The molecule has 3 aromatic rings. The molecule has 3 heterocycles. The summed E-state index contributed by atoms with van der Waals surface area (Å²) < 4.78 is 21.6. The molecule has 0 radical (unpaired) electrons. The molecule has 28 heavy (non-hydrogen) atoms. The predicted molar refractivity (Wildman–Crippen MR) is 103 cm³/mol. The van der Waals surface area contributed by atoms with Gasteiger partial charge in [0.1, 0.15) is 29.2 Å². The van der Waals surface area contributed by atoms with Crippen LogP contribution in [0.1, 0.15) is 24.0 Å². The fraction of sp³-hybridized carbons (Fsp3) is 0.333. The third-order valence-corrected chi connectivity index (χ3v) is 5.11. The van der Waals surface area contributed by atoms with Crippen LogP contribution < -0.4 is 5.32 Å². The quantitative estimate of drug-likeness (QED) is 0.737. The highest BCUT2D eigenvalue weighted by Gasteiger charge is 2.30. The van der Waals surface area contributed by atoms with Crippen molar-refractivity contribution in [2.45, 2.75) is 18.9 Å². The third-order valence-electron chi connectivity index (χ3n) is 5.11. The smallest absolute Gasteiger partial charge is 0.223 e. The van der Waals surface area contributed by atoms with Crippen LogP contribution in [0.2, 0.25) is 0 Å². The molecular weight excluding hydrogens is 359 g/mol. The highest BCUT2D eigenvalue weighted by atomic mass is 19.1. The van der Waals surface area contributed by atoms with Gasteiger partial charge < -0.3 is 19.2 Å². The second-order valence-corrected chi connectivity index (χ2v) is 6.95. The van der Waals surface area contributed by atoms with Crippen molar-refractivity contribution in [2.75, 3.05) is 19.6 Å². The number of hydrogen-bond donors (Lipinski definition) is 1. The summed E-state index contributed by atoms with van der Waals surface area (Å²) in [5, 5.41) is 3.33. The van der Waals surface area contributed by atoms with Crippen molar-refractivity contribution in [3.63, 3.8) is 0 Å². The van der Waals surface area contributed by atoms with Crippen molar-refractivity contribution >= 4 is 5.91 Å². The van der Waals surface area contributed by atoms with Crippen molar-refractivity contribution in [3.8, 4) is 11.3 Å². The lowest BCUT2D eigenvalue weighted by Crippen LogP contribution is -2.49. The highest BCUT2D eigenvalue weighted by Crippen LogP contribution is 2.26. The average molecular weight is 382 g/mol. The summed E-state index contributed by atoms with van der Waals surface area (Å²) in [6.45, 7) is 2.11. The van der Waals surface area contributed by atoms with Gasteiger partial charge in [-0.15, -0.1) is 0 Å². The molecule has 1 N–H and O–H groups in total. The molecular formula is C21H23FN4O2. The molecule has 1 amide bonds. The zero-order valence-electron chi connectivity index (χ0n) is 15.8. The number of nitrogens with zero attached hydrogens (tertiary/aromatic N) is 3. The second kappa shape index (κ2) is 7.98. The summed E-state index contributed by atoms with van der Waals surface area (Å²) in [5.41, 5.74) is 0.428. The number of aromatic nitrogens is 2. The molecule has 0 spiro atoms. The molecule has 4 rings (SSSR count). The van der Waals surface area contributed by atoms with E-state index in [0.717, 1.165) is 12.4 Å². The van der Waals surface area contributed by atoms with Gasteiger partial charge in [-0.3, -0.25) is 4.79 Å². The summed E-state index contributed by atoms with van der Waals surface area (Å²) >= 11 is 0. The Morgan fingerprint density at radius 1 is 1.32 bits per heavy atom. The van der Waals surface area contributed by atoms with Gasteiger partial charge in [0.2, 0.25) is 5.91 Å². The molecule has 0 saturated carbocycles. The maximum Gasteiger partial charge on any atom is 0.223 e. The van der Waals surface area contributed by atoms with Crippen LogP contribution in [0, 0.1) is 5.82 Å². The Kier molecular flexibility index (Phi) is 5.25. The molecule has 146 valence electrons. The first-order chi connectivity index (χ1) is 13.6. The van der Waals surface area contributed by atoms with Gasteiger partial charge in [-0.05, 0) is 24.3 Å². The molecule has 1 fully saturated rings. The summed E-state index contributed by atoms with van der Waals surface area (Å²) in [5.74, 6) is 1.78. The monoisotopic (exact) mass is 382 g/mol. The normalized spacial score (nSPS) is 17.1. The first-order valence-corrected chi connectivity index (χ1v) is 9.44. The van der Waals surface area contributed by atoms with Crippen LogP contribution in [0.5, 0.6) is 0 Å². The molecule has 1 saturated heterocycles. The number of benzene rings is 1. The van der Waals surface area contributed by atoms with E-state index in [9.17, 15) is 9.18 Å². The van der Waals surface area contributed by atoms with Crippen LogP contribution in [0.15, 0.2) is 53.2 Å². The largest absolute Gasteiger partial charge is 0.461 e. The first-order valence-electron chi connectivity index (χ1n) is 9.44. The molecule has 2 aromatic heterocycles. The molecule has 1 aromatic carbocycles. The van der Waals surface area contributed by atoms with Gasteiger partial charge in [-0.25, -0.2) is 9.37 Å². The zero-order chi connectivity index (χ0) is 19.5. The number of furan rings is 1. The van der Waals surface area contributed by atoms with Crippen molar-refractivity contribution in [1.82, 2.24) is 19.8 Å². The number of nitrogens with one attached hydrogen (secondary N) is 1. The number of rotatable bonds is 5. The molecule has 1 atom stereocenters. The molecule has 1 unspecified atom stereocenters. The summed E-state index contributed by atoms with van der Waals surface area (Å²) in [6.07, 6.45) is 4.45. The number of aryl methyl sites for hydroxylation is 2. The Balaban J connectivity index is 1.43. The number of carbonyl (C=O) groups excluding carboxylic acids is 1. The number of imidazole rings is 1. The summed E-state index contributed by atoms with van der Waals surface area (Å²) in [7, 11) is 1.94. The molecule has 0 bridgehead atoms. The van der Waals surface area contributed by atoms with E-state index in [1.807, 2.05) is 28.8 Å². The number of carbonyl (C=O) groups is 1. The van der Waals surface area contributed by atoms with Gasteiger partial charge in [-0.2, -0.15) is 0 Å². The van der Waals surface area contributed by atoms with Crippen LogP contribution in [-0.4, -0.2) is 40.0 Å². The number of hydrogen-bond acceptors (Lipinski definition) is 4. The highest BCUT2D eigenvalue weighted by molar-refractivity contribution is 5.77. The topological polar surface area (TPSA) is 63.3 Å². The maximum atomic E-state index is 13.9. The Hall–Kier alpha value is -2.93.